The molecule has 2 aromatic rings. The van der Waals surface area contributed by atoms with Crippen LogP contribution in [0.1, 0.15) is 31.4 Å². The number of ether oxygens (including phenoxy) is 1. The maximum atomic E-state index is 12.5. The van der Waals surface area contributed by atoms with Gasteiger partial charge in [-0.05, 0) is 69.0 Å². The second-order valence-corrected chi connectivity index (χ2v) is 8.00. The van der Waals surface area contributed by atoms with Crippen LogP contribution in [0.25, 0.3) is 0 Å². The molecule has 0 atom stereocenters. The van der Waals surface area contributed by atoms with Gasteiger partial charge in [0.15, 0.2) is 0 Å². The predicted octanol–water partition coefficient (Wildman–Crippen LogP) is 2.83. The lowest BCUT2D eigenvalue weighted by Gasteiger charge is -2.31. The van der Waals surface area contributed by atoms with Crippen molar-refractivity contribution in [1.29, 1.82) is 0 Å². The van der Waals surface area contributed by atoms with Crippen molar-refractivity contribution in [3.63, 3.8) is 0 Å². The lowest BCUT2D eigenvalue weighted by molar-refractivity contribution is 0.175. The topological polar surface area (TPSA) is 75.5 Å². The first-order chi connectivity index (χ1) is 14.2. The average Bonchev–Trinajstić information content (AvgIpc) is 3.42. The number of methoxy groups -OCH3 is 1. The Kier molecular flexibility index (Phi) is 6.29. The largest absolute Gasteiger partial charge is 0.497 e. The molecule has 0 aliphatic carbocycles. The van der Waals surface area contributed by atoms with Crippen molar-refractivity contribution >= 4 is 11.7 Å². The van der Waals surface area contributed by atoms with E-state index in [2.05, 4.69) is 26.7 Å². The SMILES string of the molecule is COc1ccc(NC(=O)N2CCC(Cn3cc(CN4CCCC4)nn3)CC2)cc1. The molecular weight excluding hydrogens is 368 g/mol. The number of likely N-dealkylation sites (tertiary alicyclic amines) is 2. The van der Waals surface area contributed by atoms with Crippen molar-refractivity contribution < 1.29 is 9.53 Å². The zero-order valence-electron chi connectivity index (χ0n) is 17.1. The number of piperidine rings is 1. The molecule has 0 radical (unpaired) electrons. The van der Waals surface area contributed by atoms with Crippen LogP contribution in [0.2, 0.25) is 0 Å². The lowest BCUT2D eigenvalue weighted by Crippen LogP contribution is -2.41. The number of hydrogen-bond acceptors (Lipinski definition) is 5. The van der Waals surface area contributed by atoms with Crippen molar-refractivity contribution in [2.45, 2.75) is 38.8 Å². The Bertz CT molecular complexity index is 792. The molecule has 0 spiro atoms. The van der Waals surface area contributed by atoms with E-state index in [1.165, 1.54) is 25.9 Å². The molecule has 1 aromatic carbocycles. The van der Waals surface area contributed by atoms with Gasteiger partial charge < -0.3 is 15.0 Å². The summed E-state index contributed by atoms with van der Waals surface area (Å²) in [5.41, 5.74) is 1.84. The van der Waals surface area contributed by atoms with Crippen molar-refractivity contribution in [3.8, 4) is 5.75 Å². The second kappa shape index (κ2) is 9.26. The van der Waals surface area contributed by atoms with Crippen molar-refractivity contribution in [3.05, 3.63) is 36.2 Å². The summed E-state index contributed by atoms with van der Waals surface area (Å²) in [4.78, 5) is 16.8. The van der Waals surface area contributed by atoms with Gasteiger partial charge in [0.1, 0.15) is 5.75 Å². The summed E-state index contributed by atoms with van der Waals surface area (Å²) >= 11 is 0. The number of urea groups is 1. The molecule has 0 bridgehead atoms. The van der Waals surface area contributed by atoms with E-state index in [9.17, 15) is 4.79 Å². The van der Waals surface area contributed by atoms with Gasteiger partial charge in [-0.3, -0.25) is 9.58 Å². The van der Waals surface area contributed by atoms with Crippen LogP contribution in [0.5, 0.6) is 5.75 Å². The number of carbonyl (C=O) groups excluding carboxylic acids is 1. The lowest BCUT2D eigenvalue weighted by atomic mass is 9.97. The van der Waals surface area contributed by atoms with Crippen LogP contribution in [0, 0.1) is 5.92 Å². The maximum Gasteiger partial charge on any atom is 0.321 e. The summed E-state index contributed by atoms with van der Waals surface area (Å²) in [6, 6.07) is 7.36. The highest BCUT2D eigenvalue weighted by molar-refractivity contribution is 5.89. The molecule has 8 heteroatoms. The predicted molar refractivity (Wildman–Crippen MR) is 111 cm³/mol. The van der Waals surface area contributed by atoms with E-state index in [-0.39, 0.29) is 6.03 Å². The Labute approximate surface area is 171 Å². The number of nitrogens with zero attached hydrogens (tertiary/aromatic N) is 5. The molecule has 156 valence electrons. The third-order valence-corrected chi connectivity index (χ3v) is 5.86. The summed E-state index contributed by atoms with van der Waals surface area (Å²) in [6.07, 6.45) is 6.63. The summed E-state index contributed by atoms with van der Waals surface area (Å²) in [7, 11) is 1.63. The van der Waals surface area contributed by atoms with Gasteiger partial charge in [0.25, 0.3) is 0 Å². The van der Waals surface area contributed by atoms with Crippen molar-refractivity contribution in [2.24, 2.45) is 5.92 Å². The van der Waals surface area contributed by atoms with E-state index < -0.39 is 0 Å². The molecule has 2 aliphatic heterocycles. The number of rotatable bonds is 6. The highest BCUT2D eigenvalue weighted by Crippen LogP contribution is 2.21. The minimum Gasteiger partial charge on any atom is -0.497 e. The second-order valence-electron chi connectivity index (χ2n) is 8.00. The van der Waals surface area contributed by atoms with E-state index in [0.717, 1.165) is 56.2 Å². The molecule has 0 unspecified atom stereocenters. The highest BCUT2D eigenvalue weighted by Gasteiger charge is 2.23. The zero-order chi connectivity index (χ0) is 20.1. The molecule has 0 saturated carbocycles. The summed E-state index contributed by atoms with van der Waals surface area (Å²) in [5.74, 6) is 1.31. The minimum atomic E-state index is -0.0396. The number of hydrogen-bond donors (Lipinski definition) is 1. The molecule has 2 fully saturated rings. The Morgan fingerprint density at radius 1 is 1.14 bits per heavy atom. The van der Waals surface area contributed by atoms with Gasteiger partial charge in [-0.2, -0.15) is 0 Å². The fourth-order valence-electron chi connectivity index (χ4n) is 4.13. The first-order valence-corrected chi connectivity index (χ1v) is 10.5. The molecule has 2 saturated heterocycles. The van der Waals surface area contributed by atoms with Crippen molar-refractivity contribution in [1.82, 2.24) is 24.8 Å². The van der Waals surface area contributed by atoms with E-state index in [4.69, 9.17) is 4.74 Å². The van der Waals surface area contributed by atoms with Gasteiger partial charge in [0.05, 0.1) is 12.8 Å². The minimum absolute atomic E-state index is 0.0396. The third-order valence-electron chi connectivity index (χ3n) is 5.86. The van der Waals surface area contributed by atoms with Crippen LogP contribution in [-0.2, 0) is 13.1 Å². The standard InChI is InChI=1S/C21H30N6O2/c1-29-20-6-4-18(5-7-20)22-21(28)26-12-8-17(9-13-26)14-27-16-19(23-24-27)15-25-10-2-3-11-25/h4-7,16-17H,2-3,8-15H2,1H3,(H,22,28). The summed E-state index contributed by atoms with van der Waals surface area (Å²) in [6.45, 7) is 5.66. The fourth-order valence-corrected chi connectivity index (χ4v) is 4.13. The van der Waals surface area contributed by atoms with Gasteiger partial charge in [-0.15, -0.1) is 5.10 Å². The zero-order valence-corrected chi connectivity index (χ0v) is 17.1. The maximum absolute atomic E-state index is 12.5. The third kappa shape index (κ3) is 5.26. The van der Waals surface area contributed by atoms with Crippen LogP contribution >= 0.6 is 0 Å². The Morgan fingerprint density at radius 2 is 1.86 bits per heavy atom. The van der Waals surface area contributed by atoms with E-state index in [0.29, 0.717) is 5.92 Å². The molecule has 29 heavy (non-hydrogen) atoms. The molecule has 3 heterocycles. The molecule has 2 aliphatic rings. The van der Waals surface area contributed by atoms with Gasteiger partial charge in [-0.25, -0.2) is 4.79 Å². The Hall–Kier alpha value is -2.61. The van der Waals surface area contributed by atoms with E-state index in [1.807, 2.05) is 33.8 Å². The van der Waals surface area contributed by atoms with Crippen LogP contribution in [-0.4, -0.2) is 64.1 Å². The molecule has 4 rings (SSSR count). The van der Waals surface area contributed by atoms with Crippen LogP contribution in [0.4, 0.5) is 10.5 Å². The number of nitrogens with one attached hydrogen (secondary N) is 1. The molecule has 1 N–H and O–H groups in total. The number of benzene rings is 1. The summed E-state index contributed by atoms with van der Waals surface area (Å²) < 4.78 is 7.12. The van der Waals surface area contributed by atoms with E-state index >= 15 is 0 Å². The number of anilines is 1. The molecular formula is C21H30N6O2. The van der Waals surface area contributed by atoms with Crippen LogP contribution in [0.3, 0.4) is 0 Å². The Balaban J connectivity index is 1.21. The van der Waals surface area contributed by atoms with Crippen molar-refractivity contribution in [2.75, 3.05) is 38.6 Å². The van der Waals surface area contributed by atoms with Crippen LogP contribution < -0.4 is 10.1 Å². The first-order valence-electron chi connectivity index (χ1n) is 10.5. The van der Waals surface area contributed by atoms with Crippen LogP contribution in [0.15, 0.2) is 30.5 Å². The first kappa shape index (κ1) is 19.7. The van der Waals surface area contributed by atoms with Gasteiger partial charge in [0, 0.05) is 38.1 Å². The number of carbonyl (C=O) groups is 1. The highest BCUT2D eigenvalue weighted by atomic mass is 16.5. The normalized spacial score (nSPS) is 18.2. The Morgan fingerprint density at radius 3 is 2.55 bits per heavy atom. The number of amides is 2. The average molecular weight is 399 g/mol. The number of aromatic nitrogens is 3. The fraction of sp³-hybridized carbons (Fsp3) is 0.571. The molecule has 2 amide bonds. The quantitative estimate of drug-likeness (QED) is 0.810. The smallest absolute Gasteiger partial charge is 0.321 e. The monoisotopic (exact) mass is 398 g/mol. The summed E-state index contributed by atoms with van der Waals surface area (Å²) in [5, 5.41) is 11.6. The molecule has 1 aromatic heterocycles. The molecule has 8 nitrogen and oxygen atoms in total. The van der Waals surface area contributed by atoms with Gasteiger partial charge >= 0.3 is 6.03 Å². The van der Waals surface area contributed by atoms with Gasteiger partial charge in [0.2, 0.25) is 0 Å². The van der Waals surface area contributed by atoms with E-state index in [1.54, 1.807) is 7.11 Å². The van der Waals surface area contributed by atoms with Gasteiger partial charge in [-0.1, -0.05) is 5.21 Å².